The maximum Gasteiger partial charge on any atom is 0.123 e. The van der Waals surface area contributed by atoms with Gasteiger partial charge in [-0.25, -0.2) is 4.98 Å². The first kappa shape index (κ1) is 10.3. The lowest BCUT2D eigenvalue weighted by atomic mass is 10.0. The summed E-state index contributed by atoms with van der Waals surface area (Å²) < 4.78 is 0. The molecule has 3 rings (SSSR count). The van der Waals surface area contributed by atoms with Gasteiger partial charge in [-0.1, -0.05) is 13.3 Å². The number of hydrogen-bond donors (Lipinski definition) is 2. The molecule has 0 spiro atoms. The molecule has 2 atom stereocenters. The molecule has 2 heterocycles. The fourth-order valence-corrected chi connectivity index (χ4v) is 3.08. The zero-order chi connectivity index (χ0) is 11.0. The minimum Gasteiger partial charge on any atom is -0.344 e. The van der Waals surface area contributed by atoms with Gasteiger partial charge in [-0.15, -0.1) is 0 Å². The van der Waals surface area contributed by atoms with Crippen molar-refractivity contribution in [3.63, 3.8) is 0 Å². The largest absolute Gasteiger partial charge is 0.344 e. The third kappa shape index (κ3) is 1.67. The summed E-state index contributed by atoms with van der Waals surface area (Å²) >= 11 is 0. The van der Waals surface area contributed by atoms with E-state index in [1.165, 1.54) is 55.7 Å². The summed E-state index contributed by atoms with van der Waals surface area (Å²) in [6.07, 6.45) is 7.62. The molecule has 1 saturated heterocycles. The fourth-order valence-electron chi connectivity index (χ4n) is 3.08. The van der Waals surface area contributed by atoms with Crippen molar-refractivity contribution < 1.29 is 0 Å². The van der Waals surface area contributed by atoms with Crippen LogP contribution in [0.1, 0.15) is 68.2 Å². The number of hydrogen-bond acceptors (Lipinski definition) is 2. The maximum atomic E-state index is 4.85. The molecule has 1 aromatic heterocycles. The van der Waals surface area contributed by atoms with E-state index in [1.54, 1.807) is 0 Å². The third-order valence-electron chi connectivity index (χ3n) is 4.09. The first-order valence-corrected chi connectivity index (χ1v) is 6.70. The number of rotatable bonds is 2. The number of fused-ring (bicyclic) bond motifs is 1. The van der Waals surface area contributed by atoms with E-state index >= 15 is 0 Å². The van der Waals surface area contributed by atoms with E-state index in [0.29, 0.717) is 12.0 Å². The van der Waals surface area contributed by atoms with Crippen LogP contribution in [0.2, 0.25) is 0 Å². The van der Waals surface area contributed by atoms with E-state index in [1.807, 2.05) is 0 Å². The summed E-state index contributed by atoms with van der Waals surface area (Å²) in [7, 11) is 0. The van der Waals surface area contributed by atoms with Crippen LogP contribution in [0.4, 0.5) is 0 Å². The van der Waals surface area contributed by atoms with E-state index in [4.69, 9.17) is 4.98 Å². The van der Waals surface area contributed by atoms with Crippen molar-refractivity contribution in [2.45, 2.75) is 57.4 Å². The zero-order valence-electron chi connectivity index (χ0n) is 10.1. The predicted octanol–water partition coefficient (Wildman–Crippen LogP) is 2.66. The van der Waals surface area contributed by atoms with Gasteiger partial charge in [0.1, 0.15) is 5.82 Å². The van der Waals surface area contributed by atoms with Crippen LogP contribution in [0.25, 0.3) is 0 Å². The van der Waals surface area contributed by atoms with Crippen molar-refractivity contribution in [2.75, 3.05) is 6.54 Å². The molecule has 16 heavy (non-hydrogen) atoms. The standard InChI is InChI=1S/C13H21N3/c1-2-9-6-7-10-12(9)16-13(15-10)11-5-3-4-8-14-11/h9,11,14H,2-8H2,1H3,(H,15,16). The Morgan fingerprint density at radius 1 is 1.31 bits per heavy atom. The van der Waals surface area contributed by atoms with E-state index < -0.39 is 0 Å². The summed E-state index contributed by atoms with van der Waals surface area (Å²) in [4.78, 5) is 8.40. The predicted molar refractivity (Wildman–Crippen MR) is 64.5 cm³/mol. The molecule has 2 aliphatic rings. The molecular formula is C13H21N3. The summed E-state index contributed by atoms with van der Waals surface area (Å²) in [5.41, 5.74) is 2.78. The van der Waals surface area contributed by atoms with Crippen molar-refractivity contribution >= 4 is 0 Å². The topological polar surface area (TPSA) is 40.7 Å². The SMILES string of the molecule is CCC1CCc2[nH]c(C3CCCCN3)nc21. The Balaban J connectivity index is 1.82. The van der Waals surface area contributed by atoms with Crippen molar-refractivity contribution in [3.8, 4) is 0 Å². The summed E-state index contributed by atoms with van der Waals surface area (Å²) in [5.74, 6) is 1.91. The Morgan fingerprint density at radius 2 is 2.25 bits per heavy atom. The van der Waals surface area contributed by atoms with Crippen LogP contribution in [-0.2, 0) is 6.42 Å². The van der Waals surface area contributed by atoms with Crippen molar-refractivity contribution in [3.05, 3.63) is 17.2 Å². The van der Waals surface area contributed by atoms with E-state index in [-0.39, 0.29) is 0 Å². The molecule has 3 heteroatoms. The quantitative estimate of drug-likeness (QED) is 0.803. The van der Waals surface area contributed by atoms with Crippen LogP contribution in [0.5, 0.6) is 0 Å². The Morgan fingerprint density at radius 3 is 3.00 bits per heavy atom. The number of aryl methyl sites for hydroxylation is 1. The molecule has 2 N–H and O–H groups in total. The summed E-state index contributed by atoms with van der Waals surface area (Å²) in [6, 6.07) is 0.483. The van der Waals surface area contributed by atoms with Crippen LogP contribution in [-0.4, -0.2) is 16.5 Å². The fraction of sp³-hybridized carbons (Fsp3) is 0.769. The molecule has 88 valence electrons. The average Bonchev–Trinajstić information content (AvgIpc) is 2.89. The molecule has 1 fully saturated rings. The average molecular weight is 219 g/mol. The van der Waals surface area contributed by atoms with Crippen LogP contribution in [0.3, 0.4) is 0 Å². The Hall–Kier alpha value is -0.830. The lowest BCUT2D eigenvalue weighted by Gasteiger charge is -2.21. The molecule has 3 nitrogen and oxygen atoms in total. The number of aromatic nitrogens is 2. The van der Waals surface area contributed by atoms with Gasteiger partial charge in [-0.2, -0.15) is 0 Å². The second kappa shape index (κ2) is 4.21. The first-order valence-electron chi connectivity index (χ1n) is 6.70. The van der Waals surface area contributed by atoms with Gasteiger partial charge in [-0.3, -0.25) is 0 Å². The van der Waals surface area contributed by atoms with Gasteiger partial charge in [0, 0.05) is 11.6 Å². The van der Waals surface area contributed by atoms with Gasteiger partial charge in [0.05, 0.1) is 11.7 Å². The lowest BCUT2D eigenvalue weighted by molar-refractivity contribution is 0.398. The highest BCUT2D eigenvalue weighted by molar-refractivity contribution is 5.25. The summed E-state index contributed by atoms with van der Waals surface area (Å²) in [5, 5.41) is 3.56. The number of nitrogens with one attached hydrogen (secondary N) is 2. The van der Waals surface area contributed by atoms with Gasteiger partial charge in [0.15, 0.2) is 0 Å². The smallest absolute Gasteiger partial charge is 0.123 e. The van der Waals surface area contributed by atoms with Gasteiger partial charge >= 0.3 is 0 Å². The van der Waals surface area contributed by atoms with Crippen LogP contribution in [0, 0.1) is 0 Å². The molecule has 0 amide bonds. The van der Waals surface area contributed by atoms with Crippen LogP contribution in [0.15, 0.2) is 0 Å². The van der Waals surface area contributed by atoms with E-state index in [2.05, 4.69) is 17.2 Å². The van der Waals surface area contributed by atoms with Crippen LogP contribution >= 0.6 is 0 Å². The lowest BCUT2D eigenvalue weighted by Crippen LogP contribution is -2.27. The van der Waals surface area contributed by atoms with Gasteiger partial charge < -0.3 is 10.3 Å². The molecule has 2 unspecified atom stereocenters. The second-order valence-electron chi connectivity index (χ2n) is 5.13. The molecule has 0 radical (unpaired) electrons. The van der Waals surface area contributed by atoms with Crippen molar-refractivity contribution in [1.29, 1.82) is 0 Å². The van der Waals surface area contributed by atoms with Crippen LogP contribution < -0.4 is 5.32 Å². The van der Waals surface area contributed by atoms with E-state index in [0.717, 1.165) is 6.54 Å². The van der Waals surface area contributed by atoms with Crippen molar-refractivity contribution in [2.24, 2.45) is 0 Å². The van der Waals surface area contributed by atoms with Gasteiger partial charge in [0.25, 0.3) is 0 Å². The molecule has 1 aliphatic carbocycles. The highest BCUT2D eigenvalue weighted by Crippen LogP contribution is 2.35. The monoisotopic (exact) mass is 219 g/mol. The van der Waals surface area contributed by atoms with Crippen molar-refractivity contribution in [1.82, 2.24) is 15.3 Å². The number of piperidine rings is 1. The highest BCUT2D eigenvalue weighted by atomic mass is 15.0. The normalized spacial score (nSPS) is 29.3. The van der Waals surface area contributed by atoms with Gasteiger partial charge in [0.2, 0.25) is 0 Å². The molecule has 0 bridgehead atoms. The first-order chi connectivity index (χ1) is 7.88. The Kier molecular flexibility index (Phi) is 2.72. The molecule has 1 aliphatic heterocycles. The van der Waals surface area contributed by atoms with Gasteiger partial charge in [-0.05, 0) is 38.6 Å². The Bertz CT molecular complexity index is 363. The number of aromatic amines is 1. The number of H-pyrrole nitrogens is 1. The maximum absolute atomic E-state index is 4.85. The third-order valence-corrected chi connectivity index (χ3v) is 4.09. The molecule has 0 saturated carbocycles. The zero-order valence-corrected chi connectivity index (χ0v) is 10.1. The highest BCUT2D eigenvalue weighted by Gasteiger charge is 2.27. The minimum absolute atomic E-state index is 0.483. The Labute approximate surface area is 97.0 Å². The molecular weight excluding hydrogens is 198 g/mol. The van der Waals surface area contributed by atoms with E-state index in [9.17, 15) is 0 Å². The molecule has 1 aromatic rings. The number of imidazole rings is 1. The number of nitrogens with zero attached hydrogens (tertiary/aromatic N) is 1. The second-order valence-corrected chi connectivity index (χ2v) is 5.13. The minimum atomic E-state index is 0.483. The summed E-state index contributed by atoms with van der Waals surface area (Å²) in [6.45, 7) is 3.42. The molecule has 0 aromatic carbocycles.